The van der Waals surface area contributed by atoms with E-state index in [0.29, 0.717) is 32.2 Å². The van der Waals surface area contributed by atoms with Gasteiger partial charge < -0.3 is 14.4 Å². The molecule has 0 aromatic carbocycles. The van der Waals surface area contributed by atoms with E-state index in [0.717, 1.165) is 29.9 Å². The van der Waals surface area contributed by atoms with Crippen molar-refractivity contribution in [2.75, 3.05) is 26.3 Å². The Morgan fingerprint density at radius 1 is 1.44 bits per heavy atom. The number of aromatic nitrogens is 1. The molecule has 4 rings (SSSR count). The number of hydrogen-bond acceptors (Lipinski definition) is 5. The van der Waals surface area contributed by atoms with E-state index in [2.05, 4.69) is 4.98 Å². The van der Waals surface area contributed by atoms with Crippen molar-refractivity contribution in [3.05, 3.63) is 46.9 Å². The molecule has 3 heterocycles. The summed E-state index contributed by atoms with van der Waals surface area (Å²) in [5.74, 6) is 1.20. The molecule has 0 unspecified atom stereocenters. The van der Waals surface area contributed by atoms with Gasteiger partial charge in [0.2, 0.25) is 0 Å². The summed E-state index contributed by atoms with van der Waals surface area (Å²) in [7, 11) is 0. The molecule has 0 N–H and O–H groups in total. The molecule has 2 aliphatic rings. The van der Waals surface area contributed by atoms with Gasteiger partial charge in [0.1, 0.15) is 5.75 Å². The minimum Gasteiger partial charge on any atom is -0.492 e. The summed E-state index contributed by atoms with van der Waals surface area (Å²) in [6, 6.07) is 7.61. The van der Waals surface area contributed by atoms with Crippen LogP contribution in [0.2, 0.25) is 0 Å². The summed E-state index contributed by atoms with van der Waals surface area (Å²) < 4.78 is 12.2. The average molecular weight is 358 g/mol. The highest BCUT2D eigenvalue weighted by molar-refractivity contribution is 7.12. The summed E-state index contributed by atoms with van der Waals surface area (Å²) >= 11 is 1.50. The molecule has 25 heavy (non-hydrogen) atoms. The first-order chi connectivity index (χ1) is 12.3. The van der Waals surface area contributed by atoms with Crippen LogP contribution >= 0.6 is 11.3 Å². The smallest absolute Gasteiger partial charge is 0.264 e. The third-order valence-corrected chi connectivity index (χ3v) is 6.07. The first-order valence-corrected chi connectivity index (χ1v) is 9.64. The zero-order valence-electron chi connectivity index (χ0n) is 14.1. The van der Waals surface area contributed by atoms with Gasteiger partial charge in [0, 0.05) is 18.7 Å². The lowest BCUT2D eigenvalue weighted by Gasteiger charge is -2.43. The van der Waals surface area contributed by atoms with Gasteiger partial charge in [0.05, 0.1) is 36.4 Å². The topological polar surface area (TPSA) is 51.7 Å². The van der Waals surface area contributed by atoms with E-state index in [9.17, 15) is 4.79 Å². The highest BCUT2D eigenvalue weighted by Crippen LogP contribution is 2.41. The summed E-state index contributed by atoms with van der Waals surface area (Å²) in [5, 5.41) is 1.95. The minimum atomic E-state index is -0.270. The van der Waals surface area contributed by atoms with Crippen LogP contribution in [-0.4, -0.2) is 47.7 Å². The second-order valence-corrected chi connectivity index (χ2v) is 7.65. The number of carbonyl (C=O) groups excluding carboxylic acids is 1. The predicted molar refractivity (Wildman–Crippen MR) is 96.0 cm³/mol. The molecule has 1 aliphatic heterocycles. The molecule has 1 spiro atoms. The molecule has 0 radical (unpaired) electrons. The van der Waals surface area contributed by atoms with E-state index < -0.39 is 0 Å². The van der Waals surface area contributed by atoms with Crippen LogP contribution in [0.5, 0.6) is 5.75 Å². The van der Waals surface area contributed by atoms with Gasteiger partial charge in [-0.05, 0) is 42.8 Å². The summed E-state index contributed by atoms with van der Waals surface area (Å²) in [5.41, 5.74) is -0.270. The fourth-order valence-corrected chi connectivity index (χ4v) is 4.60. The van der Waals surface area contributed by atoms with E-state index in [-0.39, 0.29) is 11.5 Å². The lowest BCUT2D eigenvalue weighted by atomic mass is 9.89. The molecule has 1 saturated heterocycles. The Morgan fingerprint density at radius 2 is 2.40 bits per heavy atom. The van der Waals surface area contributed by atoms with Gasteiger partial charge in [-0.3, -0.25) is 9.78 Å². The number of amides is 1. The quantitative estimate of drug-likeness (QED) is 0.842. The van der Waals surface area contributed by atoms with E-state index in [4.69, 9.17) is 9.47 Å². The molecule has 1 saturated carbocycles. The van der Waals surface area contributed by atoms with E-state index >= 15 is 0 Å². The maximum Gasteiger partial charge on any atom is 0.264 e. The molecule has 0 bridgehead atoms. The summed E-state index contributed by atoms with van der Waals surface area (Å²) in [4.78, 5) is 19.6. The third-order valence-electron chi connectivity index (χ3n) is 5.21. The number of hydrogen-bond donors (Lipinski definition) is 0. The monoisotopic (exact) mass is 358 g/mol. The van der Waals surface area contributed by atoms with E-state index in [1.54, 1.807) is 12.4 Å². The van der Waals surface area contributed by atoms with Crippen molar-refractivity contribution in [1.82, 2.24) is 9.88 Å². The van der Waals surface area contributed by atoms with Crippen molar-refractivity contribution in [2.45, 2.75) is 24.9 Å². The van der Waals surface area contributed by atoms with Gasteiger partial charge >= 0.3 is 0 Å². The molecule has 5 nitrogen and oxygen atoms in total. The molecule has 2 fully saturated rings. The van der Waals surface area contributed by atoms with Gasteiger partial charge in [-0.15, -0.1) is 11.3 Å². The van der Waals surface area contributed by atoms with Crippen LogP contribution in [0.1, 0.15) is 28.9 Å². The second-order valence-electron chi connectivity index (χ2n) is 6.71. The SMILES string of the molecule is O=C(c1cccs1)N1CCO[C@]2(CCC[C@@H]2COc2cccnc2)C1. The fourth-order valence-electron chi connectivity index (χ4n) is 3.91. The minimum absolute atomic E-state index is 0.122. The maximum absolute atomic E-state index is 12.7. The van der Waals surface area contributed by atoms with Crippen LogP contribution in [0.25, 0.3) is 0 Å². The van der Waals surface area contributed by atoms with E-state index in [1.165, 1.54) is 11.3 Å². The van der Waals surface area contributed by atoms with Crippen LogP contribution in [0.15, 0.2) is 42.0 Å². The zero-order chi connectivity index (χ0) is 17.1. The number of rotatable bonds is 4. The highest BCUT2D eigenvalue weighted by Gasteiger charge is 2.48. The zero-order valence-corrected chi connectivity index (χ0v) is 14.9. The van der Waals surface area contributed by atoms with Gasteiger partial charge in [-0.25, -0.2) is 0 Å². The first-order valence-electron chi connectivity index (χ1n) is 8.76. The summed E-state index contributed by atoms with van der Waals surface area (Å²) in [6.07, 6.45) is 6.64. The van der Waals surface area contributed by atoms with Gasteiger partial charge in [0.15, 0.2) is 0 Å². The lowest BCUT2D eigenvalue weighted by Crippen LogP contribution is -2.56. The molecule has 2 aromatic heterocycles. The van der Waals surface area contributed by atoms with Crippen molar-refractivity contribution < 1.29 is 14.3 Å². The third kappa shape index (κ3) is 3.41. The highest BCUT2D eigenvalue weighted by atomic mass is 32.1. The molecular weight excluding hydrogens is 336 g/mol. The van der Waals surface area contributed by atoms with E-state index in [1.807, 2.05) is 34.5 Å². The normalized spacial score (nSPS) is 26.1. The van der Waals surface area contributed by atoms with Crippen molar-refractivity contribution in [3.63, 3.8) is 0 Å². The predicted octanol–water partition coefficient (Wildman–Crippen LogP) is 3.23. The number of carbonyl (C=O) groups is 1. The molecule has 6 heteroatoms. The molecule has 2 atom stereocenters. The second kappa shape index (κ2) is 7.14. The molecular formula is C19H22N2O3S. The molecule has 1 aliphatic carbocycles. The standard InChI is InChI=1S/C19H22N2O3S/c22-18(17-6-3-11-25-17)21-9-10-24-19(14-21)7-1-4-15(19)13-23-16-5-2-8-20-12-16/h2-3,5-6,8,11-12,15H,1,4,7,9-10,13-14H2/t15-,19-/m1/s1. The van der Waals surface area contributed by atoms with Gasteiger partial charge in [-0.1, -0.05) is 6.07 Å². The first kappa shape index (κ1) is 16.5. The Balaban J connectivity index is 1.44. The lowest BCUT2D eigenvalue weighted by molar-refractivity contribution is -0.126. The number of thiophene rings is 1. The number of morpholine rings is 1. The van der Waals surface area contributed by atoms with Crippen LogP contribution in [0.3, 0.4) is 0 Å². The number of ether oxygens (including phenoxy) is 2. The Kier molecular flexibility index (Phi) is 4.72. The van der Waals surface area contributed by atoms with Crippen molar-refractivity contribution in [2.24, 2.45) is 5.92 Å². The van der Waals surface area contributed by atoms with Crippen molar-refractivity contribution in [3.8, 4) is 5.75 Å². The Labute approximate surface area is 151 Å². The van der Waals surface area contributed by atoms with Crippen LogP contribution < -0.4 is 4.74 Å². The number of pyridine rings is 1. The van der Waals surface area contributed by atoms with Crippen LogP contribution in [0, 0.1) is 5.92 Å². The van der Waals surface area contributed by atoms with Gasteiger partial charge in [0.25, 0.3) is 5.91 Å². The average Bonchev–Trinajstić information content (AvgIpc) is 3.31. The molecule has 1 amide bonds. The van der Waals surface area contributed by atoms with Gasteiger partial charge in [-0.2, -0.15) is 0 Å². The Hall–Kier alpha value is -1.92. The molecule has 132 valence electrons. The Bertz CT molecular complexity index is 707. The molecule has 2 aromatic rings. The van der Waals surface area contributed by atoms with Crippen LogP contribution in [-0.2, 0) is 4.74 Å². The number of nitrogens with zero attached hydrogens (tertiary/aromatic N) is 2. The summed E-state index contributed by atoms with van der Waals surface area (Å²) in [6.45, 7) is 2.52. The maximum atomic E-state index is 12.7. The van der Waals surface area contributed by atoms with Crippen molar-refractivity contribution in [1.29, 1.82) is 0 Å². The van der Waals surface area contributed by atoms with Crippen LogP contribution in [0.4, 0.5) is 0 Å². The van der Waals surface area contributed by atoms with Crippen molar-refractivity contribution >= 4 is 17.2 Å². The fraction of sp³-hybridized carbons (Fsp3) is 0.474. The largest absolute Gasteiger partial charge is 0.492 e. The Morgan fingerprint density at radius 3 is 3.20 bits per heavy atom.